The van der Waals surface area contributed by atoms with Crippen LogP contribution < -0.4 is 19.6 Å². The van der Waals surface area contributed by atoms with E-state index in [1.807, 2.05) is 13.0 Å². The number of fused-ring (bicyclic) bond motifs is 1. The number of epoxide rings is 1. The Labute approximate surface area is 239 Å². The fourth-order valence-electron chi connectivity index (χ4n) is 4.53. The first-order valence-corrected chi connectivity index (χ1v) is 13.3. The molecule has 0 amide bonds. The van der Waals surface area contributed by atoms with Crippen LogP contribution in [0.4, 0.5) is 0 Å². The van der Waals surface area contributed by atoms with Crippen LogP contribution in [-0.4, -0.2) is 58.5 Å². The fourth-order valence-corrected chi connectivity index (χ4v) is 4.53. The lowest BCUT2D eigenvalue weighted by molar-refractivity contribution is 0.0493. The zero-order valence-electron chi connectivity index (χ0n) is 24.4. The molecule has 1 atom stereocenters. The van der Waals surface area contributed by atoms with Gasteiger partial charge in [0.05, 0.1) is 11.7 Å². The summed E-state index contributed by atoms with van der Waals surface area (Å²) in [5.74, 6) is 0.761. The van der Waals surface area contributed by atoms with Crippen LogP contribution in [0.5, 0.6) is 23.0 Å². The topological polar surface area (TPSA) is 118 Å². The first kappa shape index (κ1) is 30.4. The van der Waals surface area contributed by atoms with Crippen molar-refractivity contribution in [3.05, 3.63) is 57.8 Å². The van der Waals surface area contributed by atoms with Gasteiger partial charge in [0.1, 0.15) is 28.2 Å². The fraction of sp³-hybridized carbons (Fsp3) is 0.452. The molecule has 0 aliphatic carbocycles. The summed E-state index contributed by atoms with van der Waals surface area (Å²) < 4.78 is 43.9. The van der Waals surface area contributed by atoms with Crippen LogP contribution in [-0.2, 0) is 25.4 Å². The summed E-state index contributed by atoms with van der Waals surface area (Å²) in [6, 6.07) is 8.49. The average molecular weight is 571 g/mol. The zero-order valence-corrected chi connectivity index (χ0v) is 24.4. The zero-order chi connectivity index (χ0) is 29.6. The van der Waals surface area contributed by atoms with E-state index in [2.05, 4.69) is 13.8 Å². The van der Waals surface area contributed by atoms with Crippen molar-refractivity contribution in [2.24, 2.45) is 0 Å². The second-order valence-electron chi connectivity index (χ2n) is 10.3. The molecule has 1 aromatic heterocycles. The van der Waals surface area contributed by atoms with E-state index < -0.39 is 5.43 Å². The van der Waals surface area contributed by atoms with Crippen LogP contribution in [0, 0.1) is 0 Å². The summed E-state index contributed by atoms with van der Waals surface area (Å²) in [6.07, 6.45) is 4.37. The van der Waals surface area contributed by atoms with Crippen LogP contribution in [0.1, 0.15) is 39.2 Å². The van der Waals surface area contributed by atoms with Gasteiger partial charge in [0.2, 0.25) is 11.2 Å². The Morgan fingerprint density at radius 1 is 1.00 bits per heavy atom. The molecule has 1 aliphatic heterocycles. The number of rotatable bonds is 15. The minimum absolute atomic E-state index is 0.0150. The highest BCUT2D eigenvalue weighted by Crippen LogP contribution is 2.41. The summed E-state index contributed by atoms with van der Waals surface area (Å²) in [5.41, 5.74) is 1.67. The van der Waals surface area contributed by atoms with Gasteiger partial charge < -0.3 is 42.7 Å². The molecule has 1 saturated heterocycles. The van der Waals surface area contributed by atoms with Crippen molar-refractivity contribution < 1.29 is 42.7 Å². The van der Waals surface area contributed by atoms with Gasteiger partial charge in [-0.25, -0.2) is 0 Å². The SMILES string of the molecule is COCOc1ccc(-c2oc3cc(OCOC)c(C/C=C(/C)CC[C@@H]4OC4(C)C)c(O)c3c(=O)c2OCOC)cc1. The maximum absolute atomic E-state index is 13.8. The van der Waals surface area contributed by atoms with Gasteiger partial charge in [0.25, 0.3) is 0 Å². The Balaban J connectivity index is 1.75. The van der Waals surface area contributed by atoms with Crippen molar-refractivity contribution >= 4 is 11.0 Å². The van der Waals surface area contributed by atoms with E-state index in [-0.39, 0.29) is 60.3 Å². The highest BCUT2D eigenvalue weighted by atomic mass is 16.7. The molecule has 2 heterocycles. The number of methoxy groups -OCH3 is 3. The van der Waals surface area contributed by atoms with Gasteiger partial charge in [-0.1, -0.05) is 11.6 Å². The predicted molar refractivity (Wildman–Crippen MR) is 153 cm³/mol. The van der Waals surface area contributed by atoms with Crippen molar-refractivity contribution in [1.82, 2.24) is 0 Å². The van der Waals surface area contributed by atoms with Gasteiger partial charge in [-0.3, -0.25) is 4.79 Å². The van der Waals surface area contributed by atoms with E-state index >= 15 is 0 Å². The number of phenols is 1. The van der Waals surface area contributed by atoms with Crippen molar-refractivity contribution in [1.29, 1.82) is 0 Å². The van der Waals surface area contributed by atoms with Crippen molar-refractivity contribution in [3.63, 3.8) is 0 Å². The van der Waals surface area contributed by atoms with Gasteiger partial charge in [0, 0.05) is 38.5 Å². The number of hydrogen-bond acceptors (Lipinski definition) is 10. The number of ether oxygens (including phenoxy) is 7. The molecule has 0 spiro atoms. The molecule has 10 heteroatoms. The third-order valence-corrected chi connectivity index (χ3v) is 6.91. The van der Waals surface area contributed by atoms with Gasteiger partial charge >= 0.3 is 0 Å². The number of benzene rings is 2. The normalized spacial score (nSPS) is 16.1. The van der Waals surface area contributed by atoms with Gasteiger partial charge in [-0.15, -0.1) is 0 Å². The molecule has 0 bridgehead atoms. The van der Waals surface area contributed by atoms with Gasteiger partial charge in [-0.2, -0.15) is 0 Å². The Kier molecular flexibility index (Phi) is 9.93. The summed E-state index contributed by atoms with van der Waals surface area (Å²) in [5, 5.41) is 11.4. The average Bonchev–Trinajstić information content (AvgIpc) is 3.58. The first-order chi connectivity index (χ1) is 19.7. The number of hydrogen-bond donors (Lipinski definition) is 1. The number of allylic oxidation sites excluding steroid dienone is 2. The lowest BCUT2D eigenvalue weighted by atomic mass is 10.00. The Morgan fingerprint density at radius 2 is 1.63 bits per heavy atom. The largest absolute Gasteiger partial charge is 0.507 e. The second-order valence-corrected chi connectivity index (χ2v) is 10.3. The lowest BCUT2D eigenvalue weighted by Crippen LogP contribution is -2.13. The van der Waals surface area contributed by atoms with Crippen LogP contribution in [0.2, 0.25) is 0 Å². The molecule has 1 aliphatic rings. The van der Waals surface area contributed by atoms with E-state index in [0.717, 1.165) is 18.4 Å². The Morgan fingerprint density at radius 3 is 2.27 bits per heavy atom. The number of phenolic OH excluding ortho intramolecular Hbond substituents is 1. The van der Waals surface area contributed by atoms with Crippen LogP contribution >= 0.6 is 0 Å². The second kappa shape index (κ2) is 13.4. The molecular weight excluding hydrogens is 532 g/mol. The smallest absolute Gasteiger partial charge is 0.239 e. The monoisotopic (exact) mass is 570 g/mol. The molecule has 222 valence electrons. The van der Waals surface area contributed by atoms with Crippen LogP contribution in [0.15, 0.2) is 51.2 Å². The minimum Gasteiger partial charge on any atom is -0.507 e. The lowest BCUT2D eigenvalue weighted by Gasteiger charge is -2.16. The van der Waals surface area contributed by atoms with E-state index in [1.165, 1.54) is 21.3 Å². The summed E-state index contributed by atoms with van der Waals surface area (Å²) in [6.45, 7) is 6.05. The predicted octanol–water partition coefficient (Wildman–Crippen LogP) is 5.56. The maximum atomic E-state index is 13.8. The molecule has 0 unspecified atom stereocenters. The molecule has 0 saturated carbocycles. The minimum atomic E-state index is -0.538. The highest BCUT2D eigenvalue weighted by molar-refractivity contribution is 5.90. The maximum Gasteiger partial charge on any atom is 0.239 e. The molecule has 4 rings (SSSR count). The summed E-state index contributed by atoms with van der Waals surface area (Å²) >= 11 is 0. The molecular formula is C31H38O10. The van der Waals surface area contributed by atoms with Crippen molar-refractivity contribution in [3.8, 4) is 34.3 Å². The third kappa shape index (κ3) is 7.20. The Hall–Kier alpha value is -3.57. The molecule has 0 radical (unpaired) electrons. The molecule has 3 aromatic rings. The molecule has 10 nitrogen and oxygen atoms in total. The molecule has 41 heavy (non-hydrogen) atoms. The molecule has 2 aromatic carbocycles. The number of aromatic hydroxyl groups is 1. The van der Waals surface area contributed by atoms with Crippen molar-refractivity contribution in [2.75, 3.05) is 41.7 Å². The van der Waals surface area contributed by atoms with Crippen LogP contribution in [0.25, 0.3) is 22.3 Å². The first-order valence-electron chi connectivity index (χ1n) is 13.3. The third-order valence-electron chi connectivity index (χ3n) is 6.91. The quantitative estimate of drug-likeness (QED) is 0.141. The standard InChI is InChI=1S/C31H38O10/c1-19(8-14-25-31(2,3)41-25)7-13-22-23(38-17-35-5)15-24-26(27(22)32)28(33)30(39-18-36-6)29(40-24)20-9-11-21(12-10-20)37-16-34-4/h7,9-12,15,25,32H,8,13-14,16-18H2,1-6H3/b19-7-/t25-/m0/s1. The van der Waals surface area contributed by atoms with E-state index in [9.17, 15) is 9.90 Å². The van der Waals surface area contributed by atoms with Gasteiger partial charge in [0.15, 0.2) is 26.1 Å². The summed E-state index contributed by atoms with van der Waals surface area (Å²) in [4.78, 5) is 13.8. The highest BCUT2D eigenvalue weighted by Gasteiger charge is 2.46. The van der Waals surface area contributed by atoms with Crippen LogP contribution in [0.3, 0.4) is 0 Å². The van der Waals surface area contributed by atoms with Gasteiger partial charge in [-0.05, 0) is 64.3 Å². The summed E-state index contributed by atoms with van der Waals surface area (Å²) in [7, 11) is 4.49. The Bertz CT molecular complexity index is 1420. The van der Waals surface area contributed by atoms with E-state index in [0.29, 0.717) is 29.0 Å². The van der Waals surface area contributed by atoms with E-state index in [1.54, 1.807) is 30.3 Å². The molecule has 1 N–H and O–H groups in total. The molecule has 1 fully saturated rings. The van der Waals surface area contributed by atoms with Crippen molar-refractivity contribution in [2.45, 2.75) is 51.7 Å². The van der Waals surface area contributed by atoms with E-state index in [4.69, 9.17) is 37.6 Å².